The van der Waals surface area contributed by atoms with Crippen LogP contribution in [0.15, 0.2) is 40.8 Å². The fourth-order valence-electron chi connectivity index (χ4n) is 3.46. The number of aryl methyl sites for hydroxylation is 1. The summed E-state index contributed by atoms with van der Waals surface area (Å²) >= 11 is 6.30. The predicted molar refractivity (Wildman–Crippen MR) is 102 cm³/mol. The minimum absolute atomic E-state index is 0.175. The van der Waals surface area contributed by atoms with Crippen molar-refractivity contribution in [2.45, 2.75) is 26.4 Å². The molecule has 140 valence electrons. The number of halogens is 2. The van der Waals surface area contributed by atoms with Crippen molar-refractivity contribution in [1.82, 2.24) is 9.88 Å². The first-order chi connectivity index (χ1) is 13.0. The first-order valence-corrected chi connectivity index (χ1v) is 9.22. The molecule has 0 N–H and O–H groups in total. The highest BCUT2D eigenvalue weighted by Gasteiger charge is 2.21. The van der Waals surface area contributed by atoms with E-state index in [1.165, 1.54) is 24.3 Å². The van der Waals surface area contributed by atoms with E-state index in [1.54, 1.807) is 12.1 Å². The van der Waals surface area contributed by atoms with E-state index in [2.05, 4.69) is 16.0 Å². The van der Waals surface area contributed by atoms with Crippen molar-refractivity contribution in [2.75, 3.05) is 13.7 Å². The number of ether oxygens (including phenoxy) is 1. The summed E-state index contributed by atoms with van der Waals surface area (Å²) in [4.78, 5) is 6.97. The molecule has 0 radical (unpaired) electrons. The minimum atomic E-state index is -0.407. The summed E-state index contributed by atoms with van der Waals surface area (Å²) in [5.41, 5.74) is 4.09. The maximum atomic E-state index is 13.6. The van der Waals surface area contributed by atoms with Gasteiger partial charge in [-0.3, -0.25) is 4.90 Å². The molecule has 27 heavy (non-hydrogen) atoms. The first-order valence-electron chi connectivity index (χ1n) is 8.84. The molecular formula is C21H20ClFN2O2. The summed E-state index contributed by atoms with van der Waals surface area (Å²) in [5.74, 6) is 1.01. The van der Waals surface area contributed by atoms with Crippen molar-refractivity contribution >= 4 is 11.6 Å². The molecule has 0 unspecified atom stereocenters. The zero-order valence-electron chi connectivity index (χ0n) is 15.3. The Morgan fingerprint density at radius 2 is 2.15 bits per heavy atom. The summed E-state index contributed by atoms with van der Waals surface area (Å²) < 4.78 is 24.5. The van der Waals surface area contributed by atoms with Crippen LogP contribution in [0.4, 0.5) is 4.39 Å². The molecule has 1 aromatic heterocycles. The predicted octanol–water partition coefficient (Wildman–Crippen LogP) is 5.01. The van der Waals surface area contributed by atoms with Crippen LogP contribution in [0.5, 0.6) is 5.75 Å². The molecule has 3 aromatic rings. The minimum Gasteiger partial charge on any atom is -0.494 e. The molecule has 2 heterocycles. The van der Waals surface area contributed by atoms with Crippen LogP contribution in [-0.4, -0.2) is 23.5 Å². The van der Waals surface area contributed by atoms with Gasteiger partial charge < -0.3 is 9.15 Å². The zero-order valence-corrected chi connectivity index (χ0v) is 16.0. The Kier molecular flexibility index (Phi) is 4.89. The van der Waals surface area contributed by atoms with Crippen molar-refractivity contribution in [3.8, 4) is 17.2 Å². The van der Waals surface area contributed by atoms with E-state index in [0.717, 1.165) is 36.0 Å². The van der Waals surface area contributed by atoms with E-state index in [0.29, 0.717) is 18.0 Å². The molecule has 1 aliphatic heterocycles. The largest absolute Gasteiger partial charge is 0.494 e. The summed E-state index contributed by atoms with van der Waals surface area (Å²) in [7, 11) is 1.44. The van der Waals surface area contributed by atoms with Crippen LogP contribution in [0.25, 0.3) is 11.5 Å². The summed E-state index contributed by atoms with van der Waals surface area (Å²) in [6.45, 7) is 4.35. The maximum absolute atomic E-state index is 13.6. The Balaban J connectivity index is 1.54. The third-order valence-electron chi connectivity index (χ3n) is 4.95. The number of oxazole rings is 1. The topological polar surface area (TPSA) is 38.5 Å². The van der Waals surface area contributed by atoms with E-state index in [1.807, 2.05) is 19.1 Å². The third kappa shape index (κ3) is 3.57. The van der Waals surface area contributed by atoms with Gasteiger partial charge >= 0.3 is 0 Å². The molecule has 0 bridgehead atoms. The Morgan fingerprint density at radius 3 is 2.96 bits per heavy atom. The lowest BCUT2D eigenvalue weighted by Gasteiger charge is -2.28. The number of hydrogen-bond donors (Lipinski definition) is 0. The van der Waals surface area contributed by atoms with Crippen LogP contribution < -0.4 is 4.74 Å². The van der Waals surface area contributed by atoms with Crippen molar-refractivity contribution in [3.05, 3.63) is 69.8 Å². The van der Waals surface area contributed by atoms with Crippen LogP contribution in [0, 0.1) is 12.7 Å². The average Bonchev–Trinajstić information content (AvgIpc) is 3.03. The van der Waals surface area contributed by atoms with E-state index in [9.17, 15) is 4.39 Å². The number of hydrogen-bond acceptors (Lipinski definition) is 4. The Morgan fingerprint density at radius 1 is 1.30 bits per heavy atom. The smallest absolute Gasteiger partial charge is 0.226 e. The molecule has 0 spiro atoms. The maximum Gasteiger partial charge on any atom is 0.226 e. The molecule has 0 aliphatic carbocycles. The monoisotopic (exact) mass is 386 g/mol. The van der Waals surface area contributed by atoms with Gasteiger partial charge in [0.05, 0.1) is 12.8 Å². The molecular weight excluding hydrogens is 367 g/mol. The van der Waals surface area contributed by atoms with Gasteiger partial charge in [0.1, 0.15) is 5.76 Å². The van der Waals surface area contributed by atoms with E-state index < -0.39 is 5.82 Å². The second kappa shape index (κ2) is 7.33. The molecule has 6 heteroatoms. The number of aromatic nitrogens is 1. The quantitative estimate of drug-likeness (QED) is 0.631. The number of rotatable bonds is 4. The lowest BCUT2D eigenvalue weighted by molar-refractivity contribution is 0.242. The number of methoxy groups -OCH3 is 1. The molecule has 4 nitrogen and oxygen atoms in total. The van der Waals surface area contributed by atoms with Gasteiger partial charge in [0.2, 0.25) is 5.89 Å². The van der Waals surface area contributed by atoms with Crippen molar-refractivity contribution in [3.63, 3.8) is 0 Å². The van der Waals surface area contributed by atoms with Gasteiger partial charge in [-0.2, -0.15) is 0 Å². The van der Waals surface area contributed by atoms with Gasteiger partial charge in [0, 0.05) is 30.2 Å². The summed E-state index contributed by atoms with van der Waals surface area (Å²) in [5, 5.41) is 0.845. The lowest BCUT2D eigenvalue weighted by atomic mass is 9.99. The Bertz CT molecular complexity index is 986. The van der Waals surface area contributed by atoms with Gasteiger partial charge in [-0.05, 0) is 48.7 Å². The number of benzene rings is 2. The Hall–Kier alpha value is -2.37. The van der Waals surface area contributed by atoms with Gasteiger partial charge in [-0.1, -0.05) is 23.7 Å². The van der Waals surface area contributed by atoms with Crippen molar-refractivity contribution in [1.29, 1.82) is 0 Å². The average molecular weight is 387 g/mol. The fraction of sp³-hybridized carbons (Fsp3) is 0.286. The SMILES string of the molecule is COc1cc(-c2nc(CN3CCc4c(Cl)cccc4C3)c(C)o2)ccc1F. The van der Waals surface area contributed by atoms with Gasteiger partial charge in [0.15, 0.2) is 11.6 Å². The highest BCUT2D eigenvalue weighted by atomic mass is 35.5. The molecule has 0 amide bonds. The fourth-order valence-corrected chi connectivity index (χ4v) is 3.75. The highest BCUT2D eigenvalue weighted by Crippen LogP contribution is 2.30. The van der Waals surface area contributed by atoms with Gasteiger partial charge in [0.25, 0.3) is 0 Å². The van der Waals surface area contributed by atoms with E-state index in [4.69, 9.17) is 20.8 Å². The van der Waals surface area contributed by atoms with Gasteiger partial charge in [-0.25, -0.2) is 9.37 Å². The van der Waals surface area contributed by atoms with Gasteiger partial charge in [-0.15, -0.1) is 0 Å². The summed E-state index contributed by atoms with van der Waals surface area (Å²) in [6, 6.07) is 10.7. The number of fused-ring (bicyclic) bond motifs is 1. The first kappa shape index (κ1) is 18.0. The zero-order chi connectivity index (χ0) is 19.0. The van der Waals surface area contributed by atoms with Crippen LogP contribution >= 0.6 is 11.6 Å². The summed E-state index contributed by atoms with van der Waals surface area (Å²) in [6.07, 6.45) is 0.925. The molecule has 1 aliphatic rings. The molecule has 0 saturated carbocycles. The number of nitrogens with zero attached hydrogens (tertiary/aromatic N) is 2. The Labute approximate surface area is 162 Å². The van der Waals surface area contributed by atoms with Crippen LogP contribution in [0.1, 0.15) is 22.6 Å². The normalized spacial score (nSPS) is 14.2. The molecule has 0 atom stereocenters. The highest BCUT2D eigenvalue weighted by molar-refractivity contribution is 6.31. The van der Waals surface area contributed by atoms with E-state index in [-0.39, 0.29) is 5.75 Å². The molecule has 2 aromatic carbocycles. The molecule has 0 fully saturated rings. The van der Waals surface area contributed by atoms with Crippen LogP contribution in [0.2, 0.25) is 5.02 Å². The van der Waals surface area contributed by atoms with Crippen molar-refractivity contribution < 1.29 is 13.5 Å². The molecule has 4 rings (SSSR count). The van der Waals surface area contributed by atoms with Crippen LogP contribution in [0.3, 0.4) is 0 Å². The van der Waals surface area contributed by atoms with Crippen molar-refractivity contribution in [2.24, 2.45) is 0 Å². The molecule has 0 saturated heterocycles. The third-order valence-corrected chi connectivity index (χ3v) is 5.31. The van der Waals surface area contributed by atoms with Crippen LogP contribution in [-0.2, 0) is 19.5 Å². The lowest BCUT2D eigenvalue weighted by Crippen LogP contribution is -2.30. The second-order valence-corrected chi connectivity index (χ2v) is 7.12. The second-order valence-electron chi connectivity index (χ2n) is 6.71. The van der Waals surface area contributed by atoms with E-state index >= 15 is 0 Å². The standard InChI is InChI=1S/C21H20ClFN2O2/c1-13-19(12-25-9-8-16-15(11-25)4-3-5-17(16)22)24-21(27-13)14-6-7-18(23)20(10-14)26-2/h3-7,10H,8-9,11-12H2,1-2H3.